The van der Waals surface area contributed by atoms with Crippen LogP contribution in [0.2, 0.25) is 0 Å². The lowest BCUT2D eigenvalue weighted by atomic mass is 10.2. The fourth-order valence-electron chi connectivity index (χ4n) is 2.56. The van der Waals surface area contributed by atoms with Crippen molar-refractivity contribution in [2.24, 2.45) is 12.0 Å². The molecule has 0 unspecified atom stereocenters. The molecule has 2 aromatic rings. The zero-order valence-electron chi connectivity index (χ0n) is 14.5. The zero-order valence-corrected chi connectivity index (χ0v) is 16.8. The van der Waals surface area contributed by atoms with E-state index in [0.29, 0.717) is 6.54 Å². The Hall–Kier alpha value is -2.10. The van der Waals surface area contributed by atoms with Crippen molar-refractivity contribution in [3.63, 3.8) is 0 Å². The number of nitrogens with zero attached hydrogens (tertiary/aromatic N) is 5. The maximum Gasteiger partial charge on any atom is 0.191 e. The fourth-order valence-corrected chi connectivity index (χ4v) is 2.56. The largest absolute Gasteiger partial charge is 0.364 e. The first kappa shape index (κ1) is 19.2. The number of aryl methyl sites for hydroxylation is 1. The summed E-state index contributed by atoms with van der Waals surface area (Å²) in [5.74, 6) is 1.60. The van der Waals surface area contributed by atoms with Gasteiger partial charge in [0.1, 0.15) is 12.2 Å². The second kappa shape index (κ2) is 9.40. The molecule has 8 heteroatoms. The Balaban J connectivity index is 0.00000225. The third-order valence-electron chi connectivity index (χ3n) is 4.02. The fraction of sp³-hybridized carbons (Fsp3) is 0.353. The summed E-state index contributed by atoms with van der Waals surface area (Å²) in [6.07, 6.45) is 5.94. The summed E-state index contributed by atoms with van der Waals surface area (Å²) in [6.45, 7) is 3.29. The van der Waals surface area contributed by atoms with E-state index in [1.54, 1.807) is 18.1 Å². The van der Waals surface area contributed by atoms with E-state index in [1.807, 2.05) is 7.05 Å². The summed E-state index contributed by atoms with van der Waals surface area (Å²) >= 11 is 0. The Bertz CT molecular complexity index is 713. The number of hydrogen-bond acceptors (Lipinski definition) is 4. The zero-order chi connectivity index (χ0) is 16.8. The molecule has 0 atom stereocenters. The minimum atomic E-state index is 0. The van der Waals surface area contributed by atoms with Crippen LogP contribution in [0, 0.1) is 0 Å². The number of aromatic nitrogens is 3. The number of aliphatic imine (C=N–C) groups is 1. The van der Waals surface area contributed by atoms with Crippen molar-refractivity contribution >= 4 is 35.6 Å². The highest BCUT2D eigenvalue weighted by Gasteiger charge is 2.07. The topological polar surface area (TPSA) is 70.4 Å². The molecule has 0 aliphatic carbocycles. The Morgan fingerprint density at radius 1 is 1.12 bits per heavy atom. The highest BCUT2D eigenvalue weighted by molar-refractivity contribution is 14.0. The van der Waals surface area contributed by atoms with E-state index in [2.05, 4.69) is 67.0 Å². The van der Waals surface area contributed by atoms with Crippen LogP contribution >= 0.6 is 24.0 Å². The first-order chi connectivity index (χ1) is 11.8. The molecule has 0 radical (unpaired) electrons. The normalized spacial score (nSPS) is 13.7. The Morgan fingerprint density at radius 3 is 2.40 bits per heavy atom. The average Bonchev–Trinajstić information content (AvgIpc) is 3.28. The quantitative estimate of drug-likeness (QED) is 0.312. The van der Waals surface area contributed by atoms with Gasteiger partial charge in [-0.15, -0.1) is 24.0 Å². The lowest BCUT2D eigenvalue weighted by molar-refractivity contribution is 0.672. The van der Waals surface area contributed by atoms with Gasteiger partial charge in [-0.3, -0.25) is 9.67 Å². The van der Waals surface area contributed by atoms with Gasteiger partial charge in [-0.25, -0.2) is 4.98 Å². The van der Waals surface area contributed by atoms with Gasteiger partial charge in [0.05, 0.1) is 6.54 Å². The number of guanidine groups is 1. The van der Waals surface area contributed by atoms with Crippen molar-refractivity contribution in [2.75, 3.05) is 25.0 Å². The molecule has 0 spiro atoms. The van der Waals surface area contributed by atoms with Crippen molar-refractivity contribution in [3.05, 3.63) is 54.1 Å². The summed E-state index contributed by atoms with van der Waals surface area (Å²) < 4.78 is 1.74. The number of hydrogen-bond donors (Lipinski definition) is 2. The molecule has 2 N–H and O–H groups in total. The first-order valence-electron chi connectivity index (χ1n) is 8.02. The number of nitrogens with one attached hydrogen (secondary N) is 2. The van der Waals surface area contributed by atoms with Crippen LogP contribution in [0.3, 0.4) is 0 Å². The van der Waals surface area contributed by atoms with Gasteiger partial charge in [0, 0.05) is 39.4 Å². The molecular weight excluding hydrogens is 429 g/mol. The number of halogens is 1. The van der Waals surface area contributed by atoms with Crippen molar-refractivity contribution in [2.45, 2.75) is 13.1 Å². The molecule has 1 aliphatic rings. The second-order valence-corrected chi connectivity index (χ2v) is 5.62. The predicted molar refractivity (Wildman–Crippen MR) is 111 cm³/mol. The molecule has 7 nitrogen and oxygen atoms in total. The van der Waals surface area contributed by atoms with Crippen LogP contribution in [0.5, 0.6) is 0 Å². The lowest BCUT2D eigenvalue weighted by Gasteiger charge is -2.18. The minimum Gasteiger partial charge on any atom is -0.364 e. The van der Waals surface area contributed by atoms with Crippen LogP contribution in [0.4, 0.5) is 5.69 Å². The molecule has 1 aromatic heterocycles. The van der Waals surface area contributed by atoms with Crippen molar-refractivity contribution < 1.29 is 0 Å². The Morgan fingerprint density at radius 2 is 1.80 bits per heavy atom. The van der Waals surface area contributed by atoms with Gasteiger partial charge in [0.25, 0.3) is 0 Å². The van der Waals surface area contributed by atoms with Gasteiger partial charge < -0.3 is 15.5 Å². The summed E-state index contributed by atoms with van der Waals surface area (Å²) in [7, 11) is 3.63. The molecule has 25 heavy (non-hydrogen) atoms. The molecule has 0 bridgehead atoms. The van der Waals surface area contributed by atoms with Crippen molar-refractivity contribution in [1.82, 2.24) is 25.4 Å². The molecule has 1 aliphatic heterocycles. The highest BCUT2D eigenvalue weighted by atomic mass is 127. The molecular formula is C17H24IN7. The first-order valence-corrected chi connectivity index (χ1v) is 8.02. The van der Waals surface area contributed by atoms with Crippen LogP contribution in [0.15, 0.2) is 47.7 Å². The maximum atomic E-state index is 4.23. The van der Waals surface area contributed by atoms with E-state index in [4.69, 9.17) is 0 Å². The van der Waals surface area contributed by atoms with Gasteiger partial charge in [-0.1, -0.05) is 24.3 Å². The second-order valence-electron chi connectivity index (χ2n) is 5.62. The summed E-state index contributed by atoms with van der Waals surface area (Å²) in [5.41, 5.74) is 2.47. The molecule has 0 saturated carbocycles. The van der Waals surface area contributed by atoms with Crippen molar-refractivity contribution in [3.8, 4) is 0 Å². The number of rotatable bonds is 5. The Labute approximate surface area is 165 Å². The third kappa shape index (κ3) is 5.18. The van der Waals surface area contributed by atoms with Gasteiger partial charge in [0.15, 0.2) is 5.96 Å². The van der Waals surface area contributed by atoms with E-state index in [9.17, 15) is 0 Å². The SMILES string of the molecule is CN=C(NCc1ccc(N2CC=CC2)cc1)NCc1ncnn1C.I. The van der Waals surface area contributed by atoms with Crippen LogP contribution in [-0.2, 0) is 20.1 Å². The molecule has 2 heterocycles. The Kier molecular flexibility index (Phi) is 7.23. The monoisotopic (exact) mass is 453 g/mol. The number of benzene rings is 1. The molecule has 0 saturated heterocycles. The summed E-state index contributed by atoms with van der Waals surface area (Å²) in [6, 6.07) is 8.63. The van der Waals surface area contributed by atoms with Gasteiger partial charge in [0.2, 0.25) is 0 Å². The molecule has 0 fully saturated rings. The van der Waals surface area contributed by atoms with Crippen LogP contribution in [0.25, 0.3) is 0 Å². The van der Waals surface area contributed by atoms with Crippen LogP contribution < -0.4 is 15.5 Å². The predicted octanol–water partition coefficient (Wildman–Crippen LogP) is 1.67. The molecule has 0 amide bonds. The molecule has 134 valence electrons. The van der Waals surface area contributed by atoms with E-state index in [1.165, 1.54) is 11.3 Å². The average molecular weight is 453 g/mol. The standard InChI is InChI=1S/C17H23N7.HI/c1-18-17(20-12-16-21-13-22-23(16)2)19-11-14-5-7-15(8-6-14)24-9-3-4-10-24;/h3-8,13H,9-12H2,1-2H3,(H2,18,19,20);1H. The van der Waals surface area contributed by atoms with E-state index in [-0.39, 0.29) is 24.0 Å². The smallest absolute Gasteiger partial charge is 0.191 e. The maximum absolute atomic E-state index is 4.23. The van der Waals surface area contributed by atoms with Crippen molar-refractivity contribution in [1.29, 1.82) is 0 Å². The van der Waals surface area contributed by atoms with E-state index in [0.717, 1.165) is 31.4 Å². The highest BCUT2D eigenvalue weighted by Crippen LogP contribution is 2.17. The van der Waals surface area contributed by atoms with E-state index < -0.39 is 0 Å². The minimum absolute atomic E-state index is 0. The van der Waals surface area contributed by atoms with Gasteiger partial charge in [-0.05, 0) is 17.7 Å². The molecule has 1 aromatic carbocycles. The van der Waals surface area contributed by atoms with E-state index >= 15 is 0 Å². The van der Waals surface area contributed by atoms with Gasteiger partial charge in [-0.2, -0.15) is 5.10 Å². The van der Waals surface area contributed by atoms with Crippen LogP contribution in [0.1, 0.15) is 11.4 Å². The summed E-state index contributed by atoms with van der Waals surface area (Å²) in [4.78, 5) is 10.7. The summed E-state index contributed by atoms with van der Waals surface area (Å²) in [5, 5.41) is 10.6. The third-order valence-corrected chi connectivity index (χ3v) is 4.02. The van der Waals surface area contributed by atoms with Crippen LogP contribution in [-0.4, -0.2) is 40.9 Å². The van der Waals surface area contributed by atoms with Gasteiger partial charge >= 0.3 is 0 Å². The molecule has 3 rings (SSSR count). The number of anilines is 1. The lowest BCUT2D eigenvalue weighted by Crippen LogP contribution is -2.36.